The minimum Gasteiger partial charge on any atom is -0.299 e. The summed E-state index contributed by atoms with van der Waals surface area (Å²) in [6, 6.07) is 0. The third-order valence-electron chi connectivity index (χ3n) is 3.62. The number of ketones is 1. The zero-order valence-corrected chi connectivity index (χ0v) is 10.1. The van der Waals surface area contributed by atoms with Crippen molar-refractivity contribution < 1.29 is 4.79 Å². The number of Topliss-reactive ketones (excluding diaryl/α,β-unsaturated/α-hetero) is 1. The first kappa shape index (κ1) is 11.6. The second-order valence-corrected chi connectivity index (χ2v) is 5.11. The zero-order chi connectivity index (χ0) is 11.2. The number of rotatable bonds is 4. The van der Waals surface area contributed by atoms with Crippen LogP contribution in [0.4, 0.5) is 0 Å². The summed E-state index contributed by atoms with van der Waals surface area (Å²) in [6.07, 6.45) is 15.9. The van der Waals surface area contributed by atoms with Gasteiger partial charge in [-0.1, -0.05) is 23.3 Å². The molecule has 0 atom stereocenters. The van der Waals surface area contributed by atoms with E-state index < -0.39 is 0 Å². The fraction of sp³-hybridized carbons (Fsp3) is 0.667. The van der Waals surface area contributed by atoms with Crippen molar-refractivity contribution in [3.63, 3.8) is 0 Å². The molecular formula is C15H22O. The highest BCUT2D eigenvalue weighted by atomic mass is 16.1. The van der Waals surface area contributed by atoms with E-state index in [0.29, 0.717) is 5.78 Å². The molecule has 0 aromatic carbocycles. The van der Waals surface area contributed by atoms with Crippen LogP contribution < -0.4 is 0 Å². The van der Waals surface area contributed by atoms with E-state index in [-0.39, 0.29) is 0 Å². The van der Waals surface area contributed by atoms with Crippen LogP contribution in [0, 0.1) is 0 Å². The van der Waals surface area contributed by atoms with Crippen molar-refractivity contribution in [3.8, 4) is 0 Å². The molecule has 0 saturated heterocycles. The Hall–Kier alpha value is -0.850. The van der Waals surface area contributed by atoms with Crippen LogP contribution in [0.5, 0.6) is 0 Å². The third-order valence-corrected chi connectivity index (χ3v) is 3.62. The number of hydrogen-bond acceptors (Lipinski definition) is 1. The number of carbonyl (C=O) groups excluding carboxylic acids is 1. The van der Waals surface area contributed by atoms with Crippen LogP contribution in [0.1, 0.15) is 64.2 Å². The topological polar surface area (TPSA) is 17.1 Å². The summed E-state index contributed by atoms with van der Waals surface area (Å²) in [5.74, 6) is 0.432. The largest absolute Gasteiger partial charge is 0.299 e. The van der Waals surface area contributed by atoms with Crippen LogP contribution in [0.25, 0.3) is 0 Å². The molecule has 0 aromatic heterocycles. The standard InChI is InChI=1S/C15H22O/c16-15(11-13-7-3-1-4-8-13)12-14-9-5-2-6-10-14/h7,9H,1-6,8,10-12H2. The maximum atomic E-state index is 11.9. The van der Waals surface area contributed by atoms with E-state index in [0.717, 1.165) is 25.7 Å². The lowest BCUT2D eigenvalue weighted by molar-refractivity contribution is -0.117. The van der Waals surface area contributed by atoms with Crippen molar-refractivity contribution in [1.29, 1.82) is 0 Å². The number of hydrogen-bond donors (Lipinski definition) is 0. The summed E-state index contributed by atoms with van der Waals surface area (Å²) in [5, 5.41) is 0. The van der Waals surface area contributed by atoms with Gasteiger partial charge in [0, 0.05) is 12.8 Å². The molecule has 0 spiro atoms. The van der Waals surface area contributed by atoms with Gasteiger partial charge >= 0.3 is 0 Å². The molecule has 2 aliphatic carbocycles. The number of allylic oxidation sites excluding steroid dienone is 4. The van der Waals surface area contributed by atoms with Gasteiger partial charge in [0.25, 0.3) is 0 Å². The van der Waals surface area contributed by atoms with Gasteiger partial charge in [-0.05, 0) is 51.4 Å². The summed E-state index contributed by atoms with van der Waals surface area (Å²) in [5.41, 5.74) is 2.79. The Morgan fingerprint density at radius 1 is 0.875 bits per heavy atom. The molecule has 0 saturated carbocycles. The molecule has 0 fully saturated rings. The highest BCUT2D eigenvalue weighted by Crippen LogP contribution is 2.24. The van der Waals surface area contributed by atoms with E-state index in [1.54, 1.807) is 0 Å². The lowest BCUT2D eigenvalue weighted by Gasteiger charge is -2.14. The highest BCUT2D eigenvalue weighted by Gasteiger charge is 2.12. The van der Waals surface area contributed by atoms with Gasteiger partial charge in [0.2, 0.25) is 0 Å². The maximum absolute atomic E-state index is 11.9. The minimum atomic E-state index is 0.432. The second kappa shape index (κ2) is 6.03. The first-order valence-electron chi connectivity index (χ1n) is 6.72. The molecule has 0 aromatic rings. The molecule has 0 amide bonds. The Labute approximate surface area is 98.6 Å². The second-order valence-electron chi connectivity index (χ2n) is 5.11. The van der Waals surface area contributed by atoms with Crippen LogP contribution in [0.3, 0.4) is 0 Å². The fourth-order valence-corrected chi connectivity index (χ4v) is 2.70. The van der Waals surface area contributed by atoms with Gasteiger partial charge in [-0.15, -0.1) is 0 Å². The Bertz CT molecular complexity index is 279. The van der Waals surface area contributed by atoms with Gasteiger partial charge in [-0.25, -0.2) is 0 Å². The lowest BCUT2D eigenvalue weighted by Crippen LogP contribution is -2.05. The Morgan fingerprint density at radius 2 is 1.38 bits per heavy atom. The zero-order valence-electron chi connectivity index (χ0n) is 10.1. The van der Waals surface area contributed by atoms with Gasteiger partial charge in [0.1, 0.15) is 5.78 Å². The van der Waals surface area contributed by atoms with E-state index in [4.69, 9.17) is 0 Å². The van der Waals surface area contributed by atoms with Crippen LogP contribution >= 0.6 is 0 Å². The first-order valence-corrected chi connectivity index (χ1v) is 6.72. The SMILES string of the molecule is O=C(CC1=CCCCC1)CC1=CCCCC1. The molecule has 0 aliphatic heterocycles. The third kappa shape index (κ3) is 3.62. The molecule has 0 N–H and O–H groups in total. The molecule has 2 aliphatic rings. The fourth-order valence-electron chi connectivity index (χ4n) is 2.70. The average Bonchev–Trinajstić information content (AvgIpc) is 2.31. The van der Waals surface area contributed by atoms with Crippen LogP contribution in [0.2, 0.25) is 0 Å². The van der Waals surface area contributed by atoms with E-state index >= 15 is 0 Å². The minimum absolute atomic E-state index is 0.432. The van der Waals surface area contributed by atoms with E-state index in [1.165, 1.54) is 49.7 Å². The Morgan fingerprint density at radius 3 is 1.75 bits per heavy atom. The summed E-state index contributed by atoms with van der Waals surface area (Å²) >= 11 is 0. The molecule has 0 radical (unpaired) electrons. The van der Waals surface area contributed by atoms with E-state index in [1.807, 2.05) is 0 Å². The molecule has 0 bridgehead atoms. The summed E-state index contributed by atoms with van der Waals surface area (Å²) in [7, 11) is 0. The molecule has 0 heterocycles. The molecule has 2 rings (SSSR count). The molecule has 1 heteroatoms. The van der Waals surface area contributed by atoms with Crippen molar-refractivity contribution in [2.24, 2.45) is 0 Å². The molecule has 1 nitrogen and oxygen atoms in total. The molecule has 88 valence electrons. The van der Waals surface area contributed by atoms with Gasteiger partial charge in [0.15, 0.2) is 0 Å². The van der Waals surface area contributed by atoms with Crippen molar-refractivity contribution in [2.75, 3.05) is 0 Å². The van der Waals surface area contributed by atoms with Crippen molar-refractivity contribution in [1.82, 2.24) is 0 Å². The highest BCUT2D eigenvalue weighted by molar-refractivity contribution is 5.83. The Kier molecular flexibility index (Phi) is 4.38. The molecule has 16 heavy (non-hydrogen) atoms. The van der Waals surface area contributed by atoms with Crippen molar-refractivity contribution in [3.05, 3.63) is 23.3 Å². The van der Waals surface area contributed by atoms with Crippen LogP contribution in [-0.2, 0) is 4.79 Å². The van der Waals surface area contributed by atoms with Gasteiger partial charge < -0.3 is 0 Å². The predicted molar refractivity (Wildman–Crippen MR) is 67.3 cm³/mol. The summed E-state index contributed by atoms with van der Waals surface area (Å²) < 4.78 is 0. The Balaban J connectivity index is 1.79. The van der Waals surface area contributed by atoms with Crippen LogP contribution in [0.15, 0.2) is 23.3 Å². The molecule has 0 unspecified atom stereocenters. The normalized spacial score (nSPS) is 21.2. The van der Waals surface area contributed by atoms with Crippen molar-refractivity contribution in [2.45, 2.75) is 64.2 Å². The monoisotopic (exact) mass is 218 g/mol. The van der Waals surface area contributed by atoms with Gasteiger partial charge in [-0.2, -0.15) is 0 Å². The van der Waals surface area contributed by atoms with E-state index in [9.17, 15) is 4.79 Å². The van der Waals surface area contributed by atoms with Gasteiger partial charge in [0.05, 0.1) is 0 Å². The van der Waals surface area contributed by atoms with Gasteiger partial charge in [-0.3, -0.25) is 4.79 Å². The predicted octanol–water partition coefficient (Wildman–Crippen LogP) is 4.34. The summed E-state index contributed by atoms with van der Waals surface area (Å²) in [6.45, 7) is 0. The molecular weight excluding hydrogens is 196 g/mol. The average molecular weight is 218 g/mol. The lowest BCUT2D eigenvalue weighted by atomic mass is 9.91. The number of carbonyl (C=O) groups is 1. The van der Waals surface area contributed by atoms with Crippen LogP contribution in [-0.4, -0.2) is 5.78 Å². The summed E-state index contributed by atoms with van der Waals surface area (Å²) in [4.78, 5) is 11.9. The maximum Gasteiger partial charge on any atom is 0.140 e. The van der Waals surface area contributed by atoms with Crippen molar-refractivity contribution >= 4 is 5.78 Å². The van der Waals surface area contributed by atoms with E-state index in [2.05, 4.69) is 12.2 Å². The first-order chi connectivity index (χ1) is 7.84. The quantitative estimate of drug-likeness (QED) is 0.642. The smallest absolute Gasteiger partial charge is 0.140 e.